The topological polar surface area (TPSA) is 54.9 Å². The Balaban J connectivity index is 2.07. The van der Waals surface area contributed by atoms with E-state index in [9.17, 15) is 4.79 Å². The van der Waals surface area contributed by atoms with Gasteiger partial charge in [0.2, 0.25) is 0 Å². The van der Waals surface area contributed by atoms with Crippen LogP contribution in [-0.4, -0.2) is 16.1 Å². The fraction of sp³-hybridized carbons (Fsp3) is 0.100. The summed E-state index contributed by atoms with van der Waals surface area (Å²) in [5.41, 5.74) is 0.225. The second kappa shape index (κ2) is 5.44. The molecule has 0 radical (unpaired) electrons. The quantitative estimate of drug-likeness (QED) is 0.944. The van der Waals surface area contributed by atoms with Gasteiger partial charge in [-0.25, -0.2) is 0 Å². The fourth-order valence-electron chi connectivity index (χ4n) is 1.19. The summed E-state index contributed by atoms with van der Waals surface area (Å²) in [5.74, 6) is -0.319. The van der Waals surface area contributed by atoms with Crippen molar-refractivity contribution in [2.24, 2.45) is 0 Å². The second-order valence-electron chi connectivity index (χ2n) is 3.13. The molecule has 0 fully saturated rings. The molecular formula is C10H7Cl2N3OS. The highest BCUT2D eigenvalue weighted by Crippen LogP contribution is 2.15. The zero-order valence-electron chi connectivity index (χ0n) is 8.48. The molecule has 88 valence electrons. The van der Waals surface area contributed by atoms with Crippen LogP contribution < -0.4 is 5.32 Å². The van der Waals surface area contributed by atoms with Crippen LogP contribution >= 0.6 is 34.5 Å². The monoisotopic (exact) mass is 287 g/mol. The summed E-state index contributed by atoms with van der Waals surface area (Å²) in [4.78, 5) is 12.9. The normalized spacial score (nSPS) is 10.2. The standard InChI is InChI=1S/C10H7Cl2N3OS/c11-8-4-7(9(12)15-14-8)10(16)13-5-6-2-1-3-17-6/h1-4H,5H2,(H,13,16). The number of hydrogen-bond donors (Lipinski definition) is 1. The Kier molecular flexibility index (Phi) is 3.93. The lowest BCUT2D eigenvalue weighted by Gasteiger charge is -2.04. The van der Waals surface area contributed by atoms with Crippen LogP contribution in [0.3, 0.4) is 0 Å². The number of nitrogens with zero attached hydrogens (tertiary/aromatic N) is 2. The van der Waals surface area contributed by atoms with E-state index in [1.165, 1.54) is 6.07 Å². The molecule has 2 rings (SSSR count). The van der Waals surface area contributed by atoms with Gasteiger partial charge in [0.25, 0.3) is 5.91 Å². The van der Waals surface area contributed by atoms with E-state index >= 15 is 0 Å². The van der Waals surface area contributed by atoms with Gasteiger partial charge in [0, 0.05) is 4.88 Å². The number of hydrogen-bond acceptors (Lipinski definition) is 4. The Morgan fingerprint density at radius 1 is 1.41 bits per heavy atom. The average molecular weight is 288 g/mol. The minimum Gasteiger partial charge on any atom is -0.347 e. The number of halogens is 2. The van der Waals surface area contributed by atoms with Crippen molar-refractivity contribution < 1.29 is 4.79 Å². The summed E-state index contributed by atoms with van der Waals surface area (Å²) in [6.07, 6.45) is 0. The van der Waals surface area contributed by atoms with E-state index in [1.807, 2.05) is 17.5 Å². The van der Waals surface area contributed by atoms with Crippen molar-refractivity contribution in [3.63, 3.8) is 0 Å². The van der Waals surface area contributed by atoms with E-state index in [0.29, 0.717) is 6.54 Å². The number of rotatable bonds is 3. The molecule has 0 aliphatic rings. The van der Waals surface area contributed by atoms with Gasteiger partial charge >= 0.3 is 0 Å². The molecule has 2 aromatic rings. The number of thiophene rings is 1. The van der Waals surface area contributed by atoms with Crippen LogP contribution in [0.25, 0.3) is 0 Å². The van der Waals surface area contributed by atoms with Crippen molar-refractivity contribution in [1.29, 1.82) is 0 Å². The zero-order chi connectivity index (χ0) is 12.3. The van der Waals surface area contributed by atoms with Crippen LogP contribution in [0.1, 0.15) is 15.2 Å². The third kappa shape index (κ3) is 3.15. The molecule has 0 aromatic carbocycles. The van der Waals surface area contributed by atoms with E-state index in [1.54, 1.807) is 11.3 Å². The van der Waals surface area contributed by atoms with Gasteiger partial charge in [-0.1, -0.05) is 29.3 Å². The van der Waals surface area contributed by atoms with E-state index in [2.05, 4.69) is 15.5 Å². The highest BCUT2D eigenvalue weighted by molar-refractivity contribution is 7.09. The molecule has 1 amide bonds. The maximum atomic E-state index is 11.8. The molecule has 2 aromatic heterocycles. The number of aromatic nitrogens is 2. The van der Waals surface area contributed by atoms with Gasteiger partial charge in [0.05, 0.1) is 12.1 Å². The number of nitrogens with one attached hydrogen (secondary N) is 1. The molecule has 0 aliphatic carbocycles. The molecule has 0 spiro atoms. The molecule has 0 unspecified atom stereocenters. The minimum absolute atomic E-state index is 0.0399. The Labute approximate surface area is 112 Å². The lowest BCUT2D eigenvalue weighted by atomic mass is 10.3. The van der Waals surface area contributed by atoms with Gasteiger partial charge in [0.1, 0.15) is 0 Å². The third-order valence-electron chi connectivity index (χ3n) is 1.97. The first-order valence-corrected chi connectivity index (χ1v) is 6.29. The molecule has 17 heavy (non-hydrogen) atoms. The summed E-state index contributed by atoms with van der Waals surface area (Å²) in [6, 6.07) is 5.25. The lowest BCUT2D eigenvalue weighted by molar-refractivity contribution is 0.0951. The summed E-state index contributed by atoms with van der Waals surface area (Å²) < 4.78 is 0. The summed E-state index contributed by atoms with van der Waals surface area (Å²) in [7, 11) is 0. The van der Waals surface area contributed by atoms with Gasteiger partial charge in [-0.2, -0.15) is 0 Å². The maximum absolute atomic E-state index is 11.8. The van der Waals surface area contributed by atoms with Crippen molar-refractivity contribution in [2.75, 3.05) is 0 Å². The molecule has 0 saturated carbocycles. The third-order valence-corrected chi connectivity index (χ3v) is 3.31. The van der Waals surface area contributed by atoms with Crippen LogP contribution in [0.4, 0.5) is 0 Å². The number of carbonyl (C=O) groups is 1. The largest absolute Gasteiger partial charge is 0.347 e. The Bertz CT molecular complexity index is 530. The number of amides is 1. The summed E-state index contributed by atoms with van der Waals surface area (Å²) >= 11 is 13.0. The SMILES string of the molecule is O=C(NCc1cccs1)c1cc(Cl)nnc1Cl. The molecule has 7 heteroatoms. The predicted octanol–water partition coefficient (Wildman–Crippen LogP) is 2.77. The molecule has 0 atom stereocenters. The first-order valence-electron chi connectivity index (χ1n) is 4.66. The van der Waals surface area contributed by atoms with Crippen LogP contribution in [0.15, 0.2) is 23.6 Å². The van der Waals surface area contributed by atoms with E-state index in [-0.39, 0.29) is 21.8 Å². The van der Waals surface area contributed by atoms with Gasteiger partial charge in [-0.15, -0.1) is 21.5 Å². The molecule has 0 saturated heterocycles. The molecule has 1 N–H and O–H groups in total. The first kappa shape index (κ1) is 12.3. The summed E-state index contributed by atoms with van der Waals surface area (Å²) in [6.45, 7) is 0.451. The molecule has 0 aliphatic heterocycles. The van der Waals surface area contributed by atoms with Crippen LogP contribution in [0, 0.1) is 0 Å². The molecule has 2 heterocycles. The maximum Gasteiger partial charge on any atom is 0.254 e. The predicted molar refractivity (Wildman–Crippen MR) is 67.5 cm³/mol. The zero-order valence-corrected chi connectivity index (χ0v) is 10.8. The van der Waals surface area contributed by atoms with Gasteiger partial charge in [-0.05, 0) is 17.5 Å². The van der Waals surface area contributed by atoms with Crippen molar-refractivity contribution in [3.05, 3.63) is 44.3 Å². The Morgan fingerprint density at radius 3 is 2.94 bits per heavy atom. The molecule has 0 bridgehead atoms. The minimum atomic E-state index is -0.319. The Morgan fingerprint density at radius 2 is 2.24 bits per heavy atom. The molecule has 4 nitrogen and oxygen atoms in total. The second-order valence-corrected chi connectivity index (χ2v) is 4.91. The van der Waals surface area contributed by atoms with Crippen molar-refractivity contribution in [2.45, 2.75) is 6.54 Å². The lowest BCUT2D eigenvalue weighted by Crippen LogP contribution is -2.23. The van der Waals surface area contributed by atoms with Gasteiger partial charge in [0.15, 0.2) is 10.3 Å². The highest BCUT2D eigenvalue weighted by Gasteiger charge is 2.12. The van der Waals surface area contributed by atoms with Gasteiger partial charge in [-0.3, -0.25) is 4.79 Å². The number of carbonyl (C=O) groups excluding carboxylic acids is 1. The fourth-order valence-corrected chi connectivity index (χ4v) is 2.16. The Hall–Kier alpha value is -1.17. The highest BCUT2D eigenvalue weighted by atomic mass is 35.5. The molecular weight excluding hydrogens is 281 g/mol. The van der Waals surface area contributed by atoms with E-state index < -0.39 is 0 Å². The smallest absolute Gasteiger partial charge is 0.254 e. The van der Waals surface area contributed by atoms with E-state index in [4.69, 9.17) is 23.2 Å². The van der Waals surface area contributed by atoms with Crippen LogP contribution in [0.2, 0.25) is 10.3 Å². The van der Waals surface area contributed by atoms with E-state index in [0.717, 1.165) is 4.88 Å². The summed E-state index contributed by atoms with van der Waals surface area (Å²) in [5, 5.41) is 12.0. The van der Waals surface area contributed by atoms with Crippen molar-refractivity contribution in [3.8, 4) is 0 Å². The van der Waals surface area contributed by atoms with Crippen molar-refractivity contribution >= 4 is 40.4 Å². The van der Waals surface area contributed by atoms with Crippen LogP contribution in [-0.2, 0) is 6.54 Å². The van der Waals surface area contributed by atoms with Crippen molar-refractivity contribution in [1.82, 2.24) is 15.5 Å². The first-order chi connectivity index (χ1) is 8.16. The van der Waals surface area contributed by atoms with Gasteiger partial charge < -0.3 is 5.32 Å². The average Bonchev–Trinajstić information content (AvgIpc) is 2.82. The van der Waals surface area contributed by atoms with Crippen LogP contribution in [0.5, 0.6) is 0 Å².